The fourth-order valence-electron chi connectivity index (χ4n) is 1.96. The van der Waals surface area contributed by atoms with E-state index in [-0.39, 0.29) is 5.56 Å². The van der Waals surface area contributed by atoms with Crippen molar-refractivity contribution in [1.82, 2.24) is 0 Å². The maximum Gasteiger partial charge on any atom is 0.132 e. The molecule has 4 heteroatoms. The SMILES string of the molecule is COc1ccc(C)cc1C(O)c1ccc(F)cc1F. The lowest BCUT2D eigenvalue weighted by Gasteiger charge is -2.16. The summed E-state index contributed by atoms with van der Waals surface area (Å²) in [5.74, 6) is -0.998. The molecule has 0 aliphatic rings. The fraction of sp³-hybridized carbons (Fsp3) is 0.200. The van der Waals surface area contributed by atoms with Gasteiger partial charge >= 0.3 is 0 Å². The number of aryl methyl sites for hydroxylation is 1. The number of rotatable bonds is 3. The first-order chi connectivity index (χ1) is 9.02. The predicted molar refractivity (Wildman–Crippen MR) is 68.2 cm³/mol. The van der Waals surface area contributed by atoms with E-state index in [0.29, 0.717) is 11.3 Å². The second kappa shape index (κ2) is 5.36. The standard InChI is InChI=1S/C15H14F2O2/c1-9-3-6-14(19-2)12(7-9)15(18)11-5-4-10(16)8-13(11)17/h3-8,15,18H,1-2H3. The van der Waals surface area contributed by atoms with E-state index >= 15 is 0 Å². The van der Waals surface area contributed by atoms with Crippen LogP contribution in [0.1, 0.15) is 22.8 Å². The summed E-state index contributed by atoms with van der Waals surface area (Å²) in [6.07, 6.45) is -1.20. The van der Waals surface area contributed by atoms with Crippen molar-refractivity contribution in [1.29, 1.82) is 0 Å². The molecule has 2 aromatic carbocycles. The second-order valence-corrected chi connectivity index (χ2v) is 4.31. The Labute approximate surface area is 110 Å². The lowest BCUT2D eigenvalue weighted by molar-refractivity contribution is 0.209. The van der Waals surface area contributed by atoms with Gasteiger partial charge in [0.05, 0.1) is 7.11 Å². The van der Waals surface area contributed by atoms with Crippen LogP contribution in [0.15, 0.2) is 36.4 Å². The van der Waals surface area contributed by atoms with Crippen LogP contribution in [-0.4, -0.2) is 12.2 Å². The number of hydrogen-bond acceptors (Lipinski definition) is 2. The molecule has 0 bridgehead atoms. The molecule has 0 aliphatic heterocycles. The van der Waals surface area contributed by atoms with Crippen LogP contribution < -0.4 is 4.74 Å². The van der Waals surface area contributed by atoms with Crippen molar-refractivity contribution in [3.8, 4) is 5.75 Å². The van der Waals surface area contributed by atoms with Gasteiger partial charge in [-0.3, -0.25) is 0 Å². The highest BCUT2D eigenvalue weighted by atomic mass is 19.1. The van der Waals surface area contributed by atoms with Gasteiger partial charge in [-0.05, 0) is 25.1 Å². The van der Waals surface area contributed by atoms with Crippen LogP contribution in [-0.2, 0) is 0 Å². The van der Waals surface area contributed by atoms with Crippen LogP contribution in [0.3, 0.4) is 0 Å². The van der Waals surface area contributed by atoms with E-state index in [1.165, 1.54) is 13.2 Å². The predicted octanol–water partition coefficient (Wildman–Crippen LogP) is 3.36. The Hall–Kier alpha value is -1.94. The number of ether oxygens (including phenoxy) is 1. The number of aliphatic hydroxyl groups is 1. The third-order valence-corrected chi connectivity index (χ3v) is 2.94. The van der Waals surface area contributed by atoms with Crippen LogP contribution in [0.25, 0.3) is 0 Å². The Balaban J connectivity index is 2.49. The number of hydrogen-bond donors (Lipinski definition) is 1. The Morgan fingerprint density at radius 2 is 1.79 bits per heavy atom. The van der Waals surface area contributed by atoms with E-state index in [9.17, 15) is 13.9 Å². The number of methoxy groups -OCH3 is 1. The van der Waals surface area contributed by atoms with Crippen LogP contribution in [0.4, 0.5) is 8.78 Å². The monoisotopic (exact) mass is 264 g/mol. The smallest absolute Gasteiger partial charge is 0.132 e. The first kappa shape index (κ1) is 13.5. The molecule has 0 fully saturated rings. The van der Waals surface area contributed by atoms with E-state index in [2.05, 4.69) is 0 Å². The summed E-state index contributed by atoms with van der Waals surface area (Å²) in [6.45, 7) is 1.86. The minimum atomic E-state index is -1.20. The topological polar surface area (TPSA) is 29.5 Å². The average molecular weight is 264 g/mol. The Morgan fingerprint density at radius 3 is 2.42 bits per heavy atom. The molecule has 1 unspecified atom stereocenters. The summed E-state index contributed by atoms with van der Waals surface area (Å²) in [4.78, 5) is 0. The summed E-state index contributed by atoms with van der Waals surface area (Å²) in [5, 5.41) is 10.3. The average Bonchev–Trinajstić information content (AvgIpc) is 2.38. The Kier molecular flexibility index (Phi) is 3.81. The van der Waals surface area contributed by atoms with Gasteiger partial charge in [0, 0.05) is 17.2 Å². The van der Waals surface area contributed by atoms with Crippen molar-refractivity contribution >= 4 is 0 Å². The molecular weight excluding hydrogens is 250 g/mol. The van der Waals surface area contributed by atoms with Crippen molar-refractivity contribution in [2.24, 2.45) is 0 Å². The van der Waals surface area contributed by atoms with Gasteiger partial charge in [-0.15, -0.1) is 0 Å². The molecule has 0 radical (unpaired) electrons. The summed E-state index contributed by atoms with van der Waals surface area (Å²) in [7, 11) is 1.47. The van der Waals surface area contributed by atoms with Gasteiger partial charge < -0.3 is 9.84 Å². The minimum absolute atomic E-state index is 0.0188. The third-order valence-electron chi connectivity index (χ3n) is 2.94. The van der Waals surface area contributed by atoms with Crippen molar-refractivity contribution < 1.29 is 18.6 Å². The van der Waals surface area contributed by atoms with Crippen LogP contribution in [0, 0.1) is 18.6 Å². The molecular formula is C15H14F2O2. The zero-order chi connectivity index (χ0) is 14.0. The highest BCUT2D eigenvalue weighted by Crippen LogP contribution is 2.32. The van der Waals surface area contributed by atoms with E-state index in [0.717, 1.165) is 17.7 Å². The fourth-order valence-corrected chi connectivity index (χ4v) is 1.96. The number of aliphatic hydroxyl groups excluding tert-OH is 1. The highest BCUT2D eigenvalue weighted by Gasteiger charge is 2.19. The molecule has 0 heterocycles. The van der Waals surface area contributed by atoms with Crippen molar-refractivity contribution in [2.45, 2.75) is 13.0 Å². The number of benzene rings is 2. The van der Waals surface area contributed by atoms with E-state index in [1.807, 2.05) is 13.0 Å². The maximum atomic E-state index is 13.7. The molecule has 0 saturated carbocycles. The second-order valence-electron chi connectivity index (χ2n) is 4.31. The molecule has 0 aromatic heterocycles. The van der Waals surface area contributed by atoms with Crippen molar-refractivity contribution in [2.75, 3.05) is 7.11 Å². The molecule has 2 rings (SSSR count). The molecule has 2 nitrogen and oxygen atoms in total. The lowest BCUT2D eigenvalue weighted by Crippen LogP contribution is -2.05. The molecule has 0 saturated heterocycles. The summed E-state index contributed by atoms with van der Waals surface area (Å²) < 4.78 is 31.7. The Morgan fingerprint density at radius 1 is 1.05 bits per heavy atom. The molecule has 0 spiro atoms. The largest absolute Gasteiger partial charge is 0.496 e. The van der Waals surface area contributed by atoms with Gasteiger partial charge in [0.15, 0.2) is 0 Å². The zero-order valence-corrected chi connectivity index (χ0v) is 10.7. The molecule has 100 valence electrons. The quantitative estimate of drug-likeness (QED) is 0.921. The van der Waals surface area contributed by atoms with E-state index < -0.39 is 17.7 Å². The van der Waals surface area contributed by atoms with Gasteiger partial charge in [-0.1, -0.05) is 17.7 Å². The van der Waals surface area contributed by atoms with Crippen LogP contribution in [0.5, 0.6) is 5.75 Å². The first-order valence-electron chi connectivity index (χ1n) is 5.80. The van der Waals surface area contributed by atoms with Crippen molar-refractivity contribution in [3.05, 3.63) is 64.7 Å². The van der Waals surface area contributed by atoms with E-state index in [1.54, 1.807) is 12.1 Å². The van der Waals surface area contributed by atoms with Gasteiger partial charge in [0.25, 0.3) is 0 Å². The third kappa shape index (κ3) is 2.74. The number of halogens is 2. The van der Waals surface area contributed by atoms with Gasteiger partial charge in [-0.2, -0.15) is 0 Å². The lowest BCUT2D eigenvalue weighted by atomic mass is 9.98. The molecule has 2 aromatic rings. The maximum absolute atomic E-state index is 13.7. The van der Waals surface area contributed by atoms with Crippen LogP contribution >= 0.6 is 0 Å². The molecule has 0 aliphatic carbocycles. The molecule has 1 atom stereocenters. The van der Waals surface area contributed by atoms with Crippen LogP contribution in [0.2, 0.25) is 0 Å². The van der Waals surface area contributed by atoms with E-state index in [4.69, 9.17) is 4.74 Å². The summed E-state index contributed by atoms with van der Waals surface area (Å²) in [5.41, 5.74) is 1.38. The summed E-state index contributed by atoms with van der Waals surface area (Å²) in [6, 6.07) is 8.35. The molecule has 1 N–H and O–H groups in total. The zero-order valence-electron chi connectivity index (χ0n) is 10.7. The Bertz CT molecular complexity index is 597. The summed E-state index contributed by atoms with van der Waals surface area (Å²) >= 11 is 0. The highest BCUT2D eigenvalue weighted by molar-refractivity contribution is 5.42. The van der Waals surface area contributed by atoms with Gasteiger partial charge in [0.2, 0.25) is 0 Å². The van der Waals surface area contributed by atoms with Gasteiger partial charge in [-0.25, -0.2) is 8.78 Å². The van der Waals surface area contributed by atoms with Crippen molar-refractivity contribution in [3.63, 3.8) is 0 Å². The molecule has 0 amide bonds. The normalized spacial score (nSPS) is 12.3. The van der Waals surface area contributed by atoms with Gasteiger partial charge in [0.1, 0.15) is 23.5 Å². The first-order valence-corrected chi connectivity index (χ1v) is 5.80. The minimum Gasteiger partial charge on any atom is -0.496 e. The molecule has 19 heavy (non-hydrogen) atoms.